The van der Waals surface area contributed by atoms with Crippen molar-refractivity contribution >= 4 is 5.91 Å². The number of aromatic hydroxyl groups is 1. The van der Waals surface area contributed by atoms with Gasteiger partial charge in [-0.3, -0.25) is 9.59 Å². The van der Waals surface area contributed by atoms with Crippen LogP contribution in [0.2, 0.25) is 0 Å². The Labute approximate surface area is 55.5 Å². The SMILES string of the molecule is CC(=O)n1oc(O)cc1=O. The average molecular weight is 143 g/mol. The van der Waals surface area contributed by atoms with Crippen molar-refractivity contribution in [2.24, 2.45) is 0 Å². The normalized spacial score (nSPS) is 9.70. The highest BCUT2D eigenvalue weighted by molar-refractivity contribution is 5.74. The maximum absolute atomic E-state index is 10.6. The number of carbonyl (C=O) groups is 1. The standard InChI is InChI=1S/C5H5NO4/c1-3(7)6-4(8)2-5(9)10-6/h2,9H,1H3. The first kappa shape index (κ1) is 6.60. The van der Waals surface area contributed by atoms with E-state index in [1.54, 1.807) is 0 Å². The third kappa shape index (κ3) is 0.928. The number of nitrogens with zero attached hydrogens (tertiary/aromatic N) is 1. The summed E-state index contributed by atoms with van der Waals surface area (Å²) in [5.41, 5.74) is -0.662. The molecule has 1 N–H and O–H groups in total. The van der Waals surface area contributed by atoms with Gasteiger partial charge in [0.25, 0.3) is 11.5 Å². The third-order valence-corrected chi connectivity index (χ3v) is 0.918. The van der Waals surface area contributed by atoms with Crippen LogP contribution in [0.4, 0.5) is 0 Å². The van der Waals surface area contributed by atoms with Crippen molar-refractivity contribution < 1.29 is 14.4 Å². The van der Waals surface area contributed by atoms with E-state index in [1.165, 1.54) is 0 Å². The van der Waals surface area contributed by atoms with Crippen molar-refractivity contribution in [3.05, 3.63) is 16.4 Å². The van der Waals surface area contributed by atoms with Gasteiger partial charge in [-0.25, -0.2) is 0 Å². The van der Waals surface area contributed by atoms with Crippen LogP contribution in [0, 0.1) is 0 Å². The van der Waals surface area contributed by atoms with E-state index in [1.807, 2.05) is 0 Å². The molecule has 0 unspecified atom stereocenters. The smallest absolute Gasteiger partial charge is 0.310 e. The number of hydrogen-bond donors (Lipinski definition) is 1. The Kier molecular flexibility index (Phi) is 1.33. The zero-order valence-corrected chi connectivity index (χ0v) is 5.20. The first-order valence-corrected chi connectivity index (χ1v) is 2.54. The molecule has 54 valence electrons. The zero-order chi connectivity index (χ0) is 7.72. The molecule has 0 amide bonds. The Bertz CT molecular complexity index is 308. The molecule has 0 spiro atoms. The van der Waals surface area contributed by atoms with Crippen molar-refractivity contribution in [3.8, 4) is 5.95 Å². The predicted molar refractivity (Wildman–Crippen MR) is 30.9 cm³/mol. The van der Waals surface area contributed by atoms with Crippen molar-refractivity contribution in [2.75, 3.05) is 0 Å². The van der Waals surface area contributed by atoms with Crippen LogP contribution in [0.5, 0.6) is 5.95 Å². The summed E-state index contributed by atoms with van der Waals surface area (Å²) in [5.74, 6) is -1.12. The van der Waals surface area contributed by atoms with Crippen LogP contribution in [0.1, 0.15) is 11.7 Å². The average Bonchev–Trinajstić information content (AvgIpc) is 2.10. The molecule has 0 aliphatic carbocycles. The molecule has 0 fully saturated rings. The lowest BCUT2D eigenvalue weighted by atomic mass is 10.6. The molecule has 0 bridgehead atoms. The highest BCUT2D eigenvalue weighted by Crippen LogP contribution is 2.01. The summed E-state index contributed by atoms with van der Waals surface area (Å²) < 4.78 is 4.75. The van der Waals surface area contributed by atoms with Gasteiger partial charge in [0, 0.05) is 6.92 Å². The number of hydrogen-bond acceptors (Lipinski definition) is 4. The van der Waals surface area contributed by atoms with E-state index in [2.05, 4.69) is 4.52 Å². The van der Waals surface area contributed by atoms with Gasteiger partial charge < -0.3 is 9.63 Å². The Morgan fingerprint density at radius 1 is 1.80 bits per heavy atom. The van der Waals surface area contributed by atoms with E-state index in [0.717, 1.165) is 13.0 Å². The highest BCUT2D eigenvalue weighted by atomic mass is 16.6. The van der Waals surface area contributed by atoms with Gasteiger partial charge in [0.1, 0.15) is 0 Å². The molecular formula is C5H5NO4. The largest absolute Gasteiger partial charge is 0.479 e. The van der Waals surface area contributed by atoms with E-state index in [4.69, 9.17) is 5.11 Å². The summed E-state index contributed by atoms with van der Waals surface area (Å²) in [6.45, 7) is 1.16. The Balaban J connectivity index is 3.29. The van der Waals surface area contributed by atoms with Crippen LogP contribution in [0.25, 0.3) is 0 Å². The first-order valence-electron chi connectivity index (χ1n) is 2.54. The fraction of sp³-hybridized carbons (Fsp3) is 0.200. The maximum atomic E-state index is 10.6. The van der Waals surface area contributed by atoms with E-state index < -0.39 is 17.4 Å². The summed E-state index contributed by atoms with van der Waals surface area (Å²) in [6.07, 6.45) is 0. The van der Waals surface area contributed by atoms with E-state index in [9.17, 15) is 9.59 Å². The van der Waals surface area contributed by atoms with Crippen LogP contribution in [-0.2, 0) is 0 Å². The lowest BCUT2D eigenvalue weighted by molar-refractivity contribution is 0.0784. The Hall–Kier alpha value is -1.52. The van der Waals surface area contributed by atoms with Gasteiger partial charge >= 0.3 is 5.95 Å². The molecule has 1 heterocycles. The van der Waals surface area contributed by atoms with Crippen LogP contribution in [-0.4, -0.2) is 15.8 Å². The van der Waals surface area contributed by atoms with Crippen molar-refractivity contribution in [3.63, 3.8) is 0 Å². The summed E-state index contributed by atoms with van der Waals surface area (Å²) in [6, 6.07) is 0.821. The quantitative estimate of drug-likeness (QED) is 0.546. The molecule has 1 rings (SSSR count). The van der Waals surface area contributed by atoms with Gasteiger partial charge in [0.05, 0.1) is 6.07 Å². The predicted octanol–water partition coefficient (Wildman–Crippen LogP) is -0.193. The molecule has 5 heteroatoms. The lowest BCUT2D eigenvalue weighted by Crippen LogP contribution is -2.18. The molecule has 0 saturated carbocycles. The highest BCUT2D eigenvalue weighted by Gasteiger charge is 2.06. The van der Waals surface area contributed by atoms with Crippen LogP contribution in [0.15, 0.2) is 15.4 Å². The molecule has 0 saturated heterocycles. The monoisotopic (exact) mass is 143 g/mol. The van der Waals surface area contributed by atoms with Crippen LogP contribution in [0.3, 0.4) is 0 Å². The Morgan fingerprint density at radius 2 is 2.40 bits per heavy atom. The van der Waals surface area contributed by atoms with Gasteiger partial charge in [0.15, 0.2) is 0 Å². The van der Waals surface area contributed by atoms with Gasteiger partial charge in [-0.15, -0.1) is 0 Å². The third-order valence-electron chi connectivity index (χ3n) is 0.918. The second kappa shape index (κ2) is 2.02. The molecular weight excluding hydrogens is 138 g/mol. The molecule has 10 heavy (non-hydrogen) atoms. The molecule has 0 atom stereocenters. The van der Waals surface area contributed by atoms with Gasteiger partial charge in [-0.1, -0.05) is 4.74 Å². The summed E-state index contributed by atoms with van der Waals surface area (Å²) >= 11 is 0. The van der Waals surface area contributed by atoms with Crippen molar-refractivity contribution in [2.45, 2.75) is 6.92 Å². The number of aromatic nitrogens is 1. The maximum Gasteiger partial charge on any atom is 0.310 e. The molecule has 5 nitrogen and oxygen atoms in total. The van der Waals surface area contributed by atoms with Crippen LogP contribution >= 0.6 is 0 Å². The van der Waals surface area contributed by atoms with Crippen molar-refractivity contribution in [1.82, 2.24) is 4.74 Å². The van der Waals surface area contributed by atoms with E-state index in [-0.39, 0.29) is 0 Å². The molecule has 0 radical (unpaired) electrons. The number of rotatable bonds is 0. The fourth-order valence-electron chi connectivity index (χ4n) is 0.549. The van der Waals surface area contributed by atoms with Gasteiger partial charge in [-0.2, -0.15) is 0 Å². The summed E-state index contributed by atoms with van der Waals surface area (Å²) in [4.78, 5) is 21.0. The second-order valence-corrected chi connectivity index (χ2v) is 1.73. The minimum Gasteiger partial charge on any atom is -0.479 e. The zero-order valence-electron chi connectivity index (χ0n) is 5.20. The van der Waals surface area contributed by atoms with Crippen molar-refractivity contribution in [1.29, 1.82) is 0 Å². The van der Waals surface area contributed by atoms with Crippen LogP contribution < -0.4 is 5.56 Å². The molecule has 1 aromatic rings. The summed E-state index contributed by atoms with van der Waals surface area (Å²) in [7, 11) is 0. The van der Waals surface area contributed by atoms with Gasteiger partial charge in [-0.05, 0) is 0 Å². The van der Waals surface area contributed by atoms with Gasteiger partial charge in [0.2, 0.25) is 0 Å². The molecule has 0 aliphatic heterocycles. The molecule has 0 aromatic carbocycles. The first-order chi connectivity index (χ1) is 4.61. The molecule has 0 aliphatic rings. The van der Waals surface area contributed by atoms with E-state index in [0.29, 0.717) is 4.74 Å². The second-order valence-electron chi connectivity index (χ2n) is 1.73. The van der Waals surface area contributed by atoms with E-state index >= 15 is 0 Å². The minimum absolute atomic E-state index is 0.468. The topological polar surface area (TPSA) is 72.4 Å². The molecule has 1 aromatic heterocycles. The lowest BCUT2D eigenvalue weighted by Gasteiger charge is -1.86. The number of carbonyl (C=O) groups excluding carboxylic acids is 1. The Morgan fingerprint density at radius 3 is 2.60 bits per heavy atom. The fourth-order valence-corrected chi connectivity index (χ4v) is 0.549. The summed E-state index contributed by atoms with van der Waals surface area (Å²) in [5, 5.41) is 8.54. The minimum atomic E-state index is -0.662.